The molecule has 27 heavy (non-hydrogen) atoms. The third kappa shape index (κ3) is 6.06. The van der Waals surface area contributed by atoms with Crippen molar-refractivity contribution in [1.82, 2.24) is 15.2 Å². The minimum absolute atomic E-state index is 0.128. The number of amides is 1. The van der Waals surface area contributed by atoms with Crippen LogP contribution < -0.4 is 5.32 Å². The summed E-state index contributed by atoms with van der Waals surface area (Å²) in [4.78, 5) is 20.3. The van der Waals surface area contributed by atoms with Gasteiger partial charge in [-0.15, -0.1) is 11.8 Å². The lowest BCUT2D eigenvalue weighted by atomic mass is 10.0. The maximum Gasteiger partial charge on any atom is 0.230 e. The Labute approximate surface area is 174 Å². The van der Waals surface area contributed by atoms with Gasteiger partial charge < -0.3 is 5.32 Å². The van der Waals surface area contributed by atoms with Gasteiger partial charge in [-0.1, -0.05) is 22.0 Å². The number of benzene rings is 1. The Kier molecular flexibility index (Phi) is 7.33. The van der Waals surface area contributed by atoms with Crippen LogP contribution >= 0.6 is 27.7 Å². The molecule has 1 saturated heterocycles. The van der Waals surface area contributed by atoms with Gasteiger partial charge in [0.1, 0.15) is 0 Å². The first-order valence-electron chi connectivity index (χ1n) is 9.32. The SMILES string of the molecule is Cc1cc(SCC(=O)NC2CCN(Cc3ccccn3)CC2)c(C)cc1Br. The van der Waals surface area contributed by atoms with E-state index in [1.165, 1.54) is 16.0 Å². The largest absolute Gasteiger partial charge is 0.353 e. The van der Waals surface area contributed by atoms with Crippen molar-refractivity contribution < 1.29 is 4.79 Å². The van der Waals surface area contributed by atoms with Crippen molar-refractivity contribution >= 4 is 33.6 Å². The average Bonchev–Trinajstić information content (AvgIpc) is 2.66. The van der Waals surface area contributed by atoms with E-state index in [1.807, 2.05) is 18.3 Å². The summed E-state index contributed by atoms with van der Waals surface area (Å²) in [6.07, 6.45) is 3.84. The standard InChI is InChI=1S/C21H26BrN3OS/c1-15-12-20(16(2)11-19(15)22)27-14-21(26)24-17-6-9-25(10-7-17)13-18-5-3-4-8-23-18/h3-5,8,11-12,17H,6-7,9-10,13-14H2,1-2H3,(H,24,26). The molecule has 1 amide bonds. The zero-order valence-corrected chi connectivity index (χ0v) is 18.3. The molecule has 1 N–H and O–H groups in total. The van der Waals surface area contributed by atoms with Gasteiger partial charge >= 0.3 is 0 Å². The molecule has 144 valence electrons. The van der Waals surface area contributed by atoms with Crippen molar-refractivity contribution in [2.75, 3.05) is 18.8 Å². The Balaban J connectivity index is 1.41. The Morgan fingerprint density at radius 3 is 2.74 bits per heavy atom. The molecule has 1 aromatic carbocycles. The van der Waals surface area contributed by atoms with E-state index in [0.29, 0.717) is 5.75 Å². The van der Waals surface area contributed by atoms with Crippen LogP contribution in [0.1, 0.15) is 29.7 Å². The molecule has 2 heterocycles. The Morgan fingerprint density at radius 2 is 2.04 bits per heavy atom. The third-order valence-electron chi connectivity index (χ3n) is 4.88. The van der Waals surface area contributed by atoms with Gasteiger partial charge in [-0.2, -0.15) is 0 Å². The second-order valence-electron chi connectivity index (χ2n) is 7.09. The molecule has 1 aliphatic rings. The number of rotatable bonds is 6. The van der Waals surface area contributed by atoms with E-state index in [9.17, 15) is 4.79 Å². The summed E-state index contributed by atoms with van der Waals surface area (Å²) in [6, 6.07) is 10.6. The molecule has 1 aliphatic heterocycles. The van der Waals surface area contributed by atoms with Crippen LogP contribution in [-0.4, -0.2) is 40.7 Å². The van der Waals surface area contributed by atoms with E-state index in [4.69, 9.17) is 0 Å². The first-order valence-corrected chi connectivity index (χ1v) is 11.1. The van der Waals surface area contributed by atoms with E-state index in [1.54, 1.807) is 11.8 Å². The quantitative estimate of drug-likeness (QED) is 0.669. The number of thioether (sulfide) groups is 1. The fourth-order valence-electron chi connectivity index (χ4n) is 3.28. The molecular weight excluding hydrogens is 422 g/mol. The van der Waals surface area contributed by atoms with Gasteiger partial charge in [0.05, 0.1) is 11.4 Å². The number of carbonyl (C=O) groups is 1. The zero-order valence-electron chi connectivity index (χ0n) is 15.9. The Bertz CT molecular complexity index is 776. The summed E-state index contributed by atoms with van der Waals surface area (Å²) in [5, 5.41) is 3.21. The highest BCUT2D eigenvalue weighted by atomic mass is 79.9. The lowest BCUT2D eigenvalue weighted by Crippen LogP contribution is -2.44. The fraction of sp³-hybridized carbons (Fsp3) is 0.429. The molecule has 0 radical (unpaired) electrons. The van der Waals surface area contributed by atoms with E-state index in [0.717, 1.165) is 42.6 Å². The van der Waals surface area contributed by atoms with Crippen LogP contribution in [0.3, 0.4) is 0 Å². The zero-order chi connectivity index (χ0) is 19.2. The van der Waals surface area contributed by atoms with Gasteiger partial charge in [0.2, 0.25) is 5.91 Å². The molecule has 0 spiro atoms. The molecule has 0 bridgehead atoms. The number of nitrogens with zero attached hydrogens (tertiary/aromatic N) is 2. The highest BCUT2D eigenvalue weighted by molar-refractivity contribution is 9.10. The lowest BCUT2D eigenvalue weighted by molar-refractivity contribution is -0.119. The van der Waals surface area contributed by atoms with Crippen molar-refractivity contribution in [3.63, 3.8) is 0 Å². The lowest BCUT2D eigenvalue weighted by Gasteiger charge is -2.32. The van der Waals surface area contributed by atoms with Gasteiger partial charge in [-0.3, -0.25) is 14.7 Å². The van der Waals surface area contributed by atoms with Crippen LogP contribution in [0.25, 0.3) is 0 Å². The smallest absolute Gasteiger partial charge is 0.230 e. The van der Waals surface area contributed by atoms with Gasteiger partial charge in [0.25, 0.3) is 0 Å². The predicted octanol–water partition coefficient (Wildman–Crippen LogP) is 4.33. The van der Waals surface area contributed by atoms with Crippen LogP contribution in [0.5, 0.6) is 0 Å². The number of likely N-dealkylation sites (tertiary alicyclic amines) is 1. The van der Waals surface area contributed by atoms with Crippen molar-refractivity contribution in [2.45, 2.75) is 44.2 Å². The molecule has 0 aliphatic carbocycles. The van der Waals surface area contributed by atoms with Crippen molar-refractivity contribution in [3.05, 3.63) is 57.8 Å². The van der Waals surface area contributed by atoms with Crippen molar-refractivity contribution in [1.29, 1.82) is 0 Å². The molecule has 1 aromatic heterocycles. The maximum atomic E-state index is 12.4. The molecular formula is C21H26BrN3OS. The molecule has 0 atom stereocenters. The van der Waals surface area contributed by atoms with Gasteiger partial charge in [0.15, 0.2) is 0 Å². The second kappa shape index (κ2) is 9.71. The first-order chi connectivity index (χ1) is 13.0. The molecule has 0 unspecified atom stereocenters. The highest BCUT2D eigenvalue weighted by Gasteiger charge is 2.21. The minimum Gasteiger partial charge on any atom is -0.353 e. The average molecular weight is 448 g/mol. The maximum absolute atomic E-state index is 12.4. The van der Waals surface area contributed by atoms with Gasteiger partial charge in [-0.05, 0) is 62.1 Å². The number of pyridine rings is 1. The number of aromatic nitrogens is 1. The number of piperidine rings is 1. The number of carbonyl (C=O) groups excluding carboxylic acids is 1. The first kappa shape index (κ1) is 20.4. The van der Waals surface area contributed by atoms with Crippen LogP contribution in [0.2, 0.25) is 0 Å². The third-order valence-corrected chi connectivity index (χ3v) is 6.89. The molecule has 3 rings (SSSR count). The van der Waals surface area contributed by atoms with Gasteiger partial charge in [0, 0.05) is 41.2 Å². The van der Waals surface area contributed by atoms with Gasteiger partial charge in [-0.25, -0.2) is 0 Å². The molecule has 6 heteroatoms. The van der Waals surface area contributed by atoms with Crippen LogP contribution in [0.4, 0.5) is 0 Å². The topological polar surface area (TPSA) is 45.2 Å². The molecule has 4 nitrogen and oxygen atoms in total. The molecule has 2 aromatic rings. The Hall–Kier alpha value is -1.37. The second-order valence-corrected chi connectivity index (χ2v) is 8.97. The summed E-state index contributed by atoms with van der Waals surface area (Å²) < 4.78 is 1.12. The van der Waals surface area contributed by atoms with E-state index in [-0.39, 0.29) is 11.9 Å². The van der Waals surface area contributed by atoms with E-state index < -0.39 is 0 Å². The Morgan fingerprint density at radius 1 is 1.26 bits per heavy atom. The van der Waals surface area contributed by atoms with E-state index >= 15 is 0 Å². The highest BCUT2D eigenvalue weighted by Crippen LogP contribution is 2.28. The summed E-state index contributed by atoms with van der Waals surface area (Å²) >= 11 is 5.17. The van der Waals surface area contributed by atoms with Crippen molar-refractivity contribution in [2.24, 2.45) is 0 Å². The van der Waals surface area contributed by atoms with E-state index in [2.05, 4.69) is 63.2 Å². The number of halogens is 1. The summed E-state index contributed by atoms with van der Waals surface area (Å²) in [5.74, 6) is 0.596. The number of hydrogen-bond donors (Lipinski definition) is 1. The minimum atomic E-state index is 0.128. The van der Waals surface area contributed by atoms with Crippen LogP contribution in [0.15, 0.2) is 45.9 Å². The summed E-state index contributed by atoms with van der Waals surface area (Å²) in [7, 11) is 0. The number of hydrogen-bond acceptors (Lipinski definition) is 4. The fourth-order valence-corrected chi connectivity index (χ4v) is 4.65. The summed E-state index contributed by atoms with van der Waals surface area (Å²) in [6.45, 7) is 7.05. The molecule has 0 saturated carbocycles. The monoisotopic (exact) mass is 447 g/mol. The summed E-state index contributed by atoms with van der Waals surface area (Å²) in [5.41, 5.74) is 3.51. The number of aryl methyl sites for hydroxylation is 2. The predicted molar refractivity (Wildman–Crippen MR) is 115 cm³/mol. The normalized spacial score (nSPS) is 15.7. The van der Waals surface area contributed by atoms with Crippen LogP contribution in [-0.2, 0) is 11.3 Å². The van der Waals surface area contributed by atoms with Crippen molar-refractivity contribution in [3.8, 4) is 0 Å². The molecule has 1 fully saturated rings. The number of nitrogens with one attached hydrogen (secondary N) is 1. The van der Waals surface area contributed by atoms with Crippen LogP contribution in [0, 0.1) is 13.8 Å².